The number of ether oxygens (including phenoxy) is 1. The molecule has 8 nitrogen and oxygen atoms in total. The van der Waals surface area contributed by atoms with Gasteiger partial charge in [-0.2, -0.15) is 5.26 Å². The summed E-state index contributed by atoms with van der Waals surface area (Å²) < 4.78 is 7.71. The molecular weight excluding hydrogens is 440 g/mol. The summed E-state index contributed by atoms with van der Waals surface area (Å²) >= 11 is 1.10. The summed E-state index contributed by atoms with van der Waals surface area (Å²) in [6.07, 6.45) is 0. The first-order valence-corrected chi connectivity index (χ1v) is 10.9. The monoisotopic (exact) mass is 460 g/mol. The highest BCUT2D eigenvalue weighted by atomic mass is 32.1. The zero-order valence-electron chi connectivity index (χ0n) is 18.0. The third-order valence-corrected chi connectivity index (χ3v) is 6.46. The highest BCUT2D eigenvalue weighted by Crippen LogP contribution is 2.22. The maximum Gasteiger partial charge on any atom is 0.332 e. The Morgan fingerprint density at radius 2 is 1.88 bits per heavy atom. The van der Waals surface area contributed by atoms with E-state index in [4.69, 9.17) is 10.00 Å². The molecule has 2 heterocycles. The summed E-state index contributed by atoms with van der Waals surface area (Å²) in [6, 6.07) is 17.6. The standard InChI is InChI=1S/C24H20N4O4S/c1-27-23-19(22(30)28(24(27)31)14-16-8-6-15(12-25)7-9-16)11-20(33-23)21(29)26-13-17-4-3-5-18(10-17)32-2/h3-11H,13-14H2,1-2H3,(H,26,29). The molecule has 2 aromatic heterocycles. The van der Waals surface area contributed by atoms with E-state index < -0.39 is 11.2 Å². The second-order valence-electron chi connectivity index (χ2n) is 7.41. The molecule has 1 N–H and O–H groups in total. The van der Waals surface area contributed by atoms with Crippen LogP contribution in [0.15, 0.2) is 64.2 Å². The van der Waals surface area contributed by atoms with Gasteiger partial charge in [0.2, 0.25) is 0 Å². The van der Waals surface area contributed by atoms with E-state index in [0.717, 1.165) is 27.0 Å². The van der Waals surface area contributed by atoms with Crippen molar-refractivity contribution in [1.82, 2.24) is 14.5 Å². The molecule has 0 aliphatic carbocycles. The van der Waals surface area contributed by atoms with E-state index in [0.29, 0.717) is 33.0 Å². The Balaban J connectivity index is 1.62. The second-order valence-corrected chi connectivity index (χ2v) is 8.44. The topological polar surface area (TPSA) is 106 Å². The number of aryl methyl sites for hydroxylation is 1. The Morgan fingerprint density at radius 3 is 2.58 bits per heavy atom. The first kappa shape index (κ1) is 22.0. The van der Waals surface area contributed by atoms with Crippen LogP contribution in [0.5, 0.6) is 5.75 Å². The molecule has 0 unspecified atom stereocenters. The van der Waals surface area contributed by atoms with Gasteiger partial charge in [-0.25, -0.2) is 4.79 Å². The number of benzene rings is 2. The van der Waals surface area contributed by atoms with Gasteiger partial charge in [0.1, 0.15) is 10.6 Å². The molecule has 0 radical (unpaired) electrons. The van der Waals surface area contributed by atoms with Crippen LogP contribution in [0.3, 0.4) is 0 Å². The van der Waals surface area contributed by atoms with Crippen LogP contribution >= 0.6 is 11.3 Å². The number of nitriles is 1. The molecule has 0 saturated carbocycles. The SMILES string of the molecule is COc1cccc(CNC(=O)c2cc3c(=O)n(Cc4ccc(C#N)cc4)c(=O)n(C)c3s2)c1. The highest BCUT2D eigenvalue weighted by Gasteiger charge is 2.18. The minimum atomic E-state index is -0.470. The Hall–Kier alpha value is -4.16. The molecule has 0 bridgehead atoms. The normalized spacial score (nSPS) is 10.7. The van der Waals surface area contributed by atoms with E-state index in [-0.39, 0.29) is 12.5 Å². The zero-order valence-corrected chi connectivity index (χ0v) is 18.8. The Morgan fingerprint density at radius 1 is 1.12 bits per heavy atom. The van der Waals surface area contributed by atoms with Gasteiger partial charge in [-0.1, -0.05) is 24.3 Å². The van der Waals surface area contributed by atoms with Crippen molar-refractivity contribution in [1.29, 1.82) is 5.26 Å². The van der Waals surface area contributed by atoms with Crippen molar-refractivity contribution in [2.45, 2.75) is 13.1 Å². The van der Waals surface area contributed by atoms with Gasteiger partial charge in [0, 0.05) is 13.6 Å². The van der Waals surface area contributed by atoms with E-state index in [1.165, 1.54) is 10.6 Å². The summed E-state index contributed by atoms with van der Waals surface area (Å²) in [6.45, 7) is 0.368. The third kappa shape index (κ3) is 4.42. The van der Waals surface area contributed by atoms with Gasteiger partial charge in [-0.15, -0.1) is 11.3 Å². The molecule has 33 heavy (non-hydrogen) atoms. The van der Waals surface area contributed by atoms with Crippen LogP contribution in [-0.2, 0) is 20.1 Å². The molecule has 0 atom stereocenters. The number of aromatic nitrogens is 2. The lowest BCUT2D eigenvalue weighted by Crippen LogP contribution is -2.38. The fourth-order valence-corrected chi connectivity index (χ4v) is 4.48. The number of nitrogens with one attached hydrogen (secondary N) is 1. The maximum absolute atomic E-state index is 13.1. The molecule has 1 amide bonds. The Kier molecular flexibility index (Phi) is 6.11. The van der Waals surface area contributed by atoms with Crippen LogP contribution in [-0.4, -0.2) is 22.2 Å². The number of hydrogen-bond acceptors (Lipinski definition) is 6. The summed E-state index contributed by atoms with van der Waals surface area (Å²) in [5.41, 5.74) is 1.17. The Bertz CT molecular complexity index is 1510. The van der Waals surface area contributed by atoms with E-state index >= 15 is 0 Å². The number of fused-ring (bicyclic) bond motifs is 1. The van der Waals surface area contributed by atoms with Gasteiger partial charge in [0.05, 0.1) is 35.6 Å². The van der Waals surface area contributed by atoms with Gasteiger partial charge >= 0.3 is 5.69 Å². The van der Waals surface area contributed by atoms with Crippen molar-refractivity contribution in [2.75, 3.05) is 7.11 Å². The summed E-state index contributed by atoms with van der Waals surface area (Å²) in [4.78, 5) is 39.4. The van der Waals surface area contributed by atoms with Crippen LogP contribution < -0.4 is 21.3 Å². The van der Waals surface area contributed by atoms with E-state index in [1.807, 2.05) is 30.3 Å². The Labute approximate surface area is 192 Å². The number of thiophene rings is 1. The molecule has 0 aliphatic heterocycles. The molecule has 166 valence electrons. The quantitative estimate of drug-likeness (QED) is 0.476. The number of carbonyl (C=O) groups excluding carboxylic acids is 1. The number of methoxy groups -OCH3 is 1. The van der Waals surface area contributed by atoms with E-state index in [2.05, 4.69) is 5.32 Å². The fourth-order valence-electron chi connectivity index (χ4n) is 3.45. The number of amides is 1. The van der Waals surface area contributed by atoms with E-state index in [1.54, 1.807) is 38.4 Å². The first-order chi connectivity index (χ1) is 15.9. The summed E-state index contributed by atoms with van der Waals surface area (Å²) in [5.74, 6) is 0.367. The van der Waals surface area contributed by atoms with Crippen molar-refractivity contribution in [3.8, 4) is 11.8 Å². The maximum atomic E-state index is 13.1. The van der Waals surface area contributed by atoms with Gasteiger partial charge in [-0.3, -0.25) is 18.7 Å². The van der Waals surface area contributed by atoms with Crippen LogP contribution in [0.2, 0.25) is 0 Å². The van der Waals surface area contributed by atoms with Gasteiger partial charge < -0.3 is 10.1 Å². The number of rotatable bonds is 6. The van der Waals surface area contributed by atoms with Gasteiger partial charge in [0.15, 0.2) is 0 Å². The second kappa shape index (κ2) is 9.14. The average molecular weight is 461 g/mol. The smallest absolute Gasteiger partial charge is 0.332 e. The summed E-state index contributed by atoms with van der Waals surface area (Å²) in [7, 11) is 3.15. The highest BCUT2D eigenvalue weighted by molar-refractivity contribution is 7.20. The van der Waals surface area contributed by atoms with Crippen LogP contribution in [0.1, 0.15) is 26.4 Å². The van der Waals surface area contributed by atoms with Crippen molar-refractivity contribution in [2.24, 2.45) is 7.05 Å². The van der Waals surface area contributed by atoms with Crippen LogP contribution in [0.25, 0.3) is 10.2 Å². The third-order valence-electron chi connectivity index (χ3n) is 5.25. The van der Waals surface area contributed by atoms with Crippen molar-refractivity contribution >= 4 is 27.5 Å². The molecule has 4 aromatic rings. The number of hydrogen-bond donors (Lipinski definition) is 1. The molecule has 0 aliphatic rings. The molecular formula is C24H20N4O4S. The molecule has 0 spiro atoms. The molecule has 0 fully saturated rings. The van der Waals surface area contributed by atoms with Gasteiger partial charge in [0.25, 0.3) is 11.5 Å². The van der Waals surface area contributed by atoms with Crippen LogP contribution in [0, 0.1) is 11.3 Å². The van der Waals surface area contributed by atoms with Crippen molar-refractivity contribution < 1.29 is 9.53 Å². The predicted octanol–water partition coefficient (Wildman–Crippen LogP) is 2.62. The largest absolute Gasteiger partial charge is 0.497 e. The van der Waals surface area contributed by atoms with Crippen molar-refractivity contribution in [3.05, 3.63) is 97.0 Å². The lowest BCUT2D eigenvalue weighted by atomic mass is 10.1. The van der Waals surface area contributed by atoms with E-state index in [9.17, 15) is 14.4 Å². The average Bonchev–Trinajstić information content (AvgIpc) is 3.30. The molecule has 4 rings (SSSR count). The van der Waals surface area contributed by atoms with Gasteiger partial charge in [-0.05, 0) is 41.5 Å². The summed E-state index contributed by atoms with van der Waals surface area (Å²) in [5, 5.41) is 12.1. The molecule has 9 heteroatoms. The minimum Gasteiger partial charge on any atom is -0.497 e. The fraction of sp³-hybridized carbons (Fsp3) is 0.167. The minimum absolute atomic E-state index is 0.0698. The van der Waals surface area contributed by atoms with Crippen LogP contribution in [0.4, 0.5) is 0 Å². The number of nitrogens with zero attached hydrogens (tertiary/aromatic N) is 3. The molecule has 2 aromatic carbocycles. The predicted molar refractivity (Wildman–Crippen MR) is 126 cm³/mol. The lowest BCUT2D eigenvalue weighted by Gasteiger charge is -2.08. The number of carbonyl (C=O) groups is 1. The lowest BCUT2D eigenvalue weighted by molar-refractivity contribution is 0.0955. The molecule has 0 saturated heterocycles. The first-order valence-electron chi connectivity index (χ1n) is 10.0. The van der Waals surface area contributed by atoms with Crippen molar-refractivity contribution in [3.63, 3.8) is 0 Å². The zero-order chi connectivity index (χ0) is 23.5.